The third kappa shape index (κ3) is 8.75. The number of hydrogen-bond acceptors (Lipinski definition) is 13. The number of hydrogen-bond donors (Lipinski definition) is 3. The van der Waals surface area contributed by atoms with Crippen molar-refractivity contribution in [3.8, 4) is 0 Å². The van der Waals surface area contributed by atoms with Gasteiger partial charge >= 0.3 is 19.2 Å². The van der Waals surface area contributed by atoms with E-state index in [4.69, 9.17) is 31.9 Å². The standard InChI is InChI=1S/C33H55N4O13PSi2/c1-19-17-37(31(42)35-28(19)40)24-16-21(22(18-38)45-24)48-51(43)44-15-13-20(47-51)25-26(49-52(8,9)32(2,3)4)27(50-53(10,11)33(5,6)7)29(46-25)36-14-12-23(39)34-30(36)41/h12,14,17,20-22,24-27,29,38H,13,15-16,18H2,1-11H3,(H,34,39,41)(H,35,40,42)/t20-,21-,22+,24+,25+,26+,27+,29+,51+/m0/s1. The zero-order valence-corrected chi connectivity index (χ0v) is 35.3. The quantitative estimate of drug-likeness (QED) is 0.232. The number of aromatic nitrogens is 4. The Balaban J connectivity index is 1.50. The molecule has 0 radical (unpaired) electrons. The Labute approximate surface area is 310 Å². The summed E-state index contributed by atoms with van der Waals surface area (Å²) in [5, 5.41) is 9.67. The van der Waals surface area contributed by atoms with E-state index >= 15 is 0 Å². The molecule has 5 rings (SSSR count). The maximum Gasteiger partial charge on any atom is 0.475 e. The minimum atomic E-state index is -4.38. The SMILES string of the molecule is Cc1cn([C@H]2C[C@H](O[P@]3(=O)OCC[C@@H]([C@H]4O[C@@H](n5ccc(=O)[nH]c5=O)[C@H](O[Si](C)(C)C(C)(C)C)[C@@H]4O[Si](C)(C)C(C)(C)C)O3)[C@@H](CO)O2)c(=O)[nH]c1=O. The van der Waals surface area contributed by atoms with Crippen LogP contribution in [-0.4, -0.2) is 90.7 Å². The maximum absolute atomic E-state index is 14.3. The highest BCUT2D eigenvalue weighted by atomic mass is 31.2. The summed E-state index contributed by atoms with van der Waals surface area (Å²) in [6.45, 7) is 21.9. The van der Waals surface area contributed by atoms with E-state index in [-0.39, 0.29) is 35.1 Å². The minimum Gasteiger partial charge on any atom is -0.408 e. The molecule has 3 aliphatic rings. The fourth-order valence-corrected chi connectivity index (χ4v) is 10.2. The Morgan fingerprint density at radius 1 is 0.925 bits per heavy atom. The number of phosphoric acid groups is 1. The van der Waals surface area contributed by atoms with Crippen molar-refractivity contribution >= 4 is 24.5 Å². The van der Waals surface area contributed by atoms with Crippen LogP contribution in [0.2, 0.25) is 36.3 Å². The number of nitrogens with one attached hydrogen (secondary N) is 2. The fraction of sp³-hybridized carbons (Fsp3) is 0.758. The van der Waals surface area contributed by atoms with E-state index < -0.39 is 103 Å². The molecule has 2 aromatic heterocycles. The van der Waals surface area contributed by atoms with Crippen molar-refractivity contribution in [2.24, 2.45) is 0 Å². The normalized spacial score (nSPS) is 31.6. The lowest BCUT2D eigenvalue weighted by atomic mass is 10.0. The topological polar surface area (TPSA) is 212 Å². The number of H-pyrrole nitrogens is 2. The van der Waals surface area contributed by atoms with E-state index in [2.05, 4.69) is 77.7 Å². The van der Waals surface area contributed by atoms with Crippen LogP contribution in [0.3, 0.4) is 0 Å². The van der Waals surface area contributed by atoms with E-state index in [1.54, 1.807) is 0 Å². The molecular weight excluding hydrogens is 748 g/mol. The molecule has 2 aromatic rings. The molecule has 9 atom stereocenters. The Morgan fingerprint density at radius 3 is 2.11 bits per heavy atom. The van der Waals surface area contributed by atoms with Crippen molar-refractivity contribution < 1.29 is 41.6 Å². The molecule has 20 heteroatoms. The number of nitrogens with zero attached hydrogens (tertiary/aromatic N) is 2. The molecule has 53 heavy (non-hydrogen) atoms. The third-order valence-corrected chi connectivity index (χ3v) is 21.7. The van der Waals surface area contributed by atoms with Crippen LogP contribution < -0.4 is 22.5 Å². The highest BCUT2D eigenvalue weighted by Crippen LogP contribution is 2.58. The molecule has 0 aliphatic carbocycles. The van der Waals surface area contributed by atoms with Gasteiger partial charge in [0, 0.05) is 36.9 Å². The molecule has 0 amide bonds. The van der Waals surface area contributed by atoms with Crippen LogP contribution in [0.4, 0.5) is 0 Å². The van der Waals surface area contributed by atoms with E-state index in [9.17, 15) is 28.8 Å². The van der Waals surface area contributed by atoms with Gasteiger partial charge in [0.15, 0.2) is 22.9 Å². The molecule has 0 spiro atoms. The maximum atomic E-state index is 14.3. The van der Waals surface area contributed by atoms with Gasteiger partial charge in [0.1, 0.15) is 42.9 Å². The van der Waals surface area contributed by atoms with Gasteiger partial charge in [-0.1, -0.05) is 41.5 Å². The van der Waals surface area contributed by atoms with E-state index in [0.717, 1.165) is 0 Å². The molecule has 17 nitrogen and oxygen atoms in total. The molecule has 3 fully saturated rings. The predicted molar refractivity (Wildman–Crippen MR) is 199 cm³/mol. The Bertz CT molecular complexity index is 1930. The van der Waals surface area contributed by atoms with Crippen LogP contribution in [0, 0.1) is 6.92 Å². The van der Waals surface area contributed by atoms with Crippen LogP contribution in [0.25, 0.3) is 0 Å². The Kier molecular flexibility index (Phi) is 11.8. The number of aromatic amines is 2. The van der Waals surface area contributed by atoms with Crippen molar-refractivity contribution in [1.82, 2.24) is 19.1 Å². The predicted octanol–water partition coefficient (Wildman–Crippen LogP) is 3.65. The second-order valence-corrected chi connectivity index (χ2v) is 28.2. The van der Waals surface area contributed by atoms with Gasteiger partial charge < -0.3 is 23.4 Å². The van der Waals surface area contributed by atoms with Gasteiger partial charge in [0.25, 0.3) is 11.1 Å². The summed E-state index contributed by atoms with van der Waals surface area (Å²) in [5.74, 6) is 0. The molecule has 3 saturated heterocycles. The molecule has 3 aliphatic heterocycles. The van der Waals surface area contributed by atoms with E-state index in [1.165, 1.54) is 34.5 Å². The van der Waals surface area contributed by atoms with Gasteiger partial charge in [-0.3, -0.25) is 42.3 Å². The molecule has 3 N–H and O–H groups in total. The lowest BCUT2D eigenvalue weighted by Gasteiger charge is -2.45. The van der Waals surface area contributed by atoms with Crippen molar-refractivity contribution in [2.75, 3.05) is 13.2 Å². The average molecular weight is 803 g/mol. The summed E-state index contributed by atoms with van der Waals surface area (Å²) in [6.07, 6.45) is -4.66. The second-order valence-electron chi connectivity index (χ2n) is 17.1. The van der Waals surface area contributed by atoms with Gasteiger partial charge in [-0.15, -0.1) is 0 Å². The highest BCUT2D eigenvalue weighted by molar-refractivity contribution is 7.48. The number of phosphoric ester groups is 1. The molecule has 5 heterocycles. The van der Waals surface area contributed by atoms with Crippen LogP contribution >= 0.6 is 7.82 Å². The van der Waals surface area contributed by atoms with Crippen molar-refractivity contribution in [3.63, 3.8) is 0 Å². The van der Waals surface area contributed by atoms with Crippen LogP contribution in [0.15, 0.2) is 37.6 Å². The van der Waals surface area contributed by atoms with Gasteiger partial charge in [-0.05, 0) is 43.2 Å². The summed E-state index contributed by atoms with van der Waals surface area (Å²) in [6, 6.07) is 1.23. The number of aliphatic hydroxyl groups is 1. The van der Waals surface area contributed by atoms with Gasteiger partial charge in [0.05, 0.1) is 13.2 Å². The summed E-state index contributed by atoms with van der Waals surface area (Å²) >= 11 is 0. The first kappa shape index (κ1) is 41.9. The fourth-order valence-electron chi connectivity index (χ4n) is 6.03. The van der Waals surface area contributed by atoms with Crippen LogP contribution in [0.5, 0.6) is 0 Å². The first-order valence-electron chi connectivity index (χ1n) is 17.9. The highest BCUT2D eigenvalue weighted by Gasteiger charge is 2.58. The molecule has 0 unspecified atom stereocenters. The summed E-state index contributed by atoms with van der Waals surface area (Å²) in [4.78, 5) is 54.5. The Hall–Kier alpha value is -2.30. The molecule has 0 saturated carbocycles. The molecule has 0 aromatic carbocycles. The second kappa shape index (κ2) is 15.0. The number of aliphatic hydroxyl groups excluding tert-OH is 1. The monoisotopic (exact) mass is 802 g/mol. The number of rotatable bonds is 10. The zero-order valence-electron chi connectivity index (χ0n) is 32.4. The third-order valence-electron chi connectivity index (χ3n) is 11.2. The lowest BCUT2D eigenvalue weighted by Crippen LogP contribution is -2.55. The van der Waals surface area contributed by atoms with Gasteiger partial charge in [-0.25, -0.2) is 14.2 Å². The summed E-state index contributed by atoms with van der Waals surface area (Å²) in [5.41, 5.74) is -2.23. The smallest absolute Gasteiger partial charge is 0.408 e. The Morgan fingerprint density at radius 2 is 1.53 bits per heavy atom. The molecule has 0 bridgehead atoms. The molecule has 298 valence electrons. The van der Waals surface area contributed by atoms with E-state index in [1.807, 2.05) is 0 Å². The average Bonchev–Trinajstić information content (AvgIpc) is 3.57. The minimum absolute atomic E-state index is 0.0192. The number of ether oxygens (including phenoxy) is 2. The zero-order chi connectivity index (χ0) is 39.5. The first-order valence-corrected chi connectivity index (χ1v) is 25.2. The van der Waals surface area contributed by atoms with E-state index in [0.29, 0.717) is 0 Å². The van der Waals surface area contributed by atoms with Crippen molar-refractivity contribution in [1.29, 1.82) is 0 Å². The van der Waals surface area contributed by atoms with Crippen LogP contribution in [-0.2, 0) is 36.5 Å². The van der Waals surface area contributed by atoms with Gasteiger partial charge in [0.2, 0.25) is 0 Å². The van der Waals surface area contributed by atoms with Gasteiger partial charge in [-0.2, -0.15) is 0 Å². The number of aryl methyl sites for hydroxylation is 1. The van der Waals surface area contributed by atoms with Crippen LogP contribution in [0.1, 0.15) is 72.4 Å². The first-order chi connectivity index (χ1) is 24.4. The molecular formula is C33H55N4O13PSi2. The van der Waals surface area contributed by atoms with Crippen molar-refractivity contribution in [2.45, 2.75) is 147 Å². The summed E-state index contributed by atoms with van der Waals surface area (Å²) < 4.78 is 61.4. The van der Waals surface area contributed by atoms with Crippen molar-refractivity contribution in [3.05, 3.63) is 65.7 Å². The lowest BCUT2D eigenvalue weighted by molar-refractivity contribution is -0.106. The summed E-state index contributed by atoms with van der Waals surface area (Å²) in [7, 11) is -9.56. The largest absolute Gasteiger partial charge is 0.475 e.